The molecule has 3 N–H and O–H groups in total. The number of rotatable bonds is 11. The van der Waals surface area contributed by atoms with Crippen molar-refractivity contribution in [3.8, 4) is 0 Å². The Hall–Kier alpha value is 0.0569. The van der Waals surface area contributed by atoms with E-state index in [0.717, 1.165) is 25.7 Å². The third kappa shape index (κ3) is 7.54. The molecule has 0 saturated heterocycles. The van der Waals surface area contributed by atoms with Crippen molar-refractivity contribution in [2.45, 2.75) is 161 Å². The van der Waals surface area contributed by atoms with E-state index in [0.29, 0.717) is 30.3 Å². The summed E-state index contributed by atoms with van der Waals surface area (Å²) in [4.78, 5) is 0. The molecule has 0 aromatic carbocycles. The first kappa shape index (κ1) is 30.3. The molecule has 0 bridgehead atoms. The Bertz CT molecular complexity index is 642. The van der Waals surface area contributed by atoms with Crippen LogP contribution in [0.3, 0.4) is 0 Å². The molecule has 2 aliphatic rings. The maximum Gasteiger partial charge on any atom is 0.192 e. The van der Waals surface area contributed by atoms with Gasteiger partial charge in [-0.1, -0.05) is 47.0 Å². The van der Waals surface area contributed by atoms with Crippen molar-refractivity contribution in [3.63, 3.8) is 0 Å². The minimum atomic E-state index is -1.82. The first-order valence-electron chi connectivity index (χ1n) is 14.1. The quantitative estimate of drug-likeness (QED) is 0.267. The van der Waals surface area contributed by atoms with Gasteiger partial charge in [-0.2, -0.15) is 0 Å². The summed E-state index contributed by atoms with van der Waals surface area (Å²) >= 11 is 0. The van der Waals surface area contributed by atoms with Crippen LogP contribution in [0.25, 0.3) is 0 Å². The minimum absolute atomic E-state index is 0.228. The lowest BCUT2D eigenvalue weighted by Gasteiger charge is -2.50. The molecule has 0 aromatic heterocycles. The molecule has 0 radical (unpaired) electrons. The Morgan fingerprint density at radius 2 is 1.56 bits per heavy atom. The summed E-state index contributed by atoms with van der Waals surface area (Å²) in [6.07, 6.45) is 10.4. The molecule has 202 valence electrons. The molecule has 0 aromatic rings. The van der Waals surface area contributed by atoms with Crippen molar-refractivity contribution in [2.75, 3.05) is 0 Å². The number of hydrogen-bond donors (Lipinski definition) is 3. The third-order valence-corrected chi connectivity index (χ3v) is 14.5. The zero-order valence-electron chi connectivity index (χ0n) is 24.2. The van der Waals surface area contributed by atoms with Gasteiger partial charge in [-0.05, 0) is 114 Å². The standard InChI is InChI=1S/C29H58O4Si/c1-26(2,3)34(9,10)33-24-14-12-20-29(8)22(16-17-23(24)29)21(13-11-19-27(4,5)31)15-18-25(30)28(6,7)32/h21-25,30-32H,11-20H2,1-10H3/t21?,22?,23?,24-,25?,29+/m0/s1. The van der Waals surface area contributed by atoms with Gasteiger partial charge in [-0.15, -0.1) is 0 Å². The summed E-state index contributed by atoms with van der Waals surface area (Å²) in [6.45, 7) is 21.5. The number of hydrogen-bond acceptors (Lipinski definition) is 4. The highest BCUT2D eigenvalue weighted by atomic mass is 28.4. The molecule has 2 rings (SSSR count). The first-order chi connectivity index (χ1) is 15.3. The van der Waals surface area contributed by atoms with Crippen molar-refractivity contribution >= 4 is 8.32 Å². The lowest BCUT2D eigenvalue weighted by Crippen LogP contribution is -2.50. The zero-order chi connectivity index (χ0) is 26.2. The van der Waals surface area contributed by atoms with Crippen molar-refractivity contribution < 1.29 is 19.7 Å². The Kier molecular flexibility index (Phi) is 9.63. The van der Waals surface area contributed by atoms with Gasteiger partial charge in [0.2, 0.25) is 0 Å². The van der Waals surface area contributed by atoms with Crippen LogP contribution in [0.2, 0.25) is 18.1 Å². The summed E-state index contributed by atoms with van der Waals surface area (Å²) in [5.74, 6) is 1.76. The molecule has 0 amide bonds. The monoisotopic (exact) mass is 498 g/mol. The second-order valence-electron chi connectivity index (χ2n) is 14.8. The average molecular weight is 499 g/mol. The second kappa shape index (κ2) is 10.8. The summed E-state index contributed by atoms with van der Waals surface area (Å²) in [5.41, 5.74) is -1.41. The fourth-order valence-corrected chi connectivity index (χ4v) is 8.09. The van der Waals surface area contributed by atoms with Gasteiger partial charge in [0.1, 0.15) is 0 Å². The molecule has 2 aliphatic carbocycles. The smallest absolute Gasteiger partial charge is 0.192 e. The molecule has 2 saturated carbocycles. The Labute approximate surface area is 212 Å². The highest BCUT2D eigenvalue weighted by Gasteiger charge is 2.55. The summed E-state index contributed by atoms with van der Waals surface area (Å²) in [6, 6.07) is 0. The molecule has 0 heterocycles. The van der Waals surface area contributed by atoms with Gasteiger partial charge in [0, 0.05) is 6.10 Å². The predicted molar refractivity (Wildman–Crippen MR) is 145 cm³/mol. The summed E-state index contributed by atoms with van der Waals surface area (Å²) < 4.78 is 7.05. The molecule has 4 unspecified atom stereocenters. The Morgan fingerprint density at radius 3 is 2.09 bits per heavy atom. The fourth-order valence-electron chi connectivity index (χ4n) is 6.70. The van der Waals surface area contributed by atoms with Gasteiger partial charge < -0.3 is 19.7 Å². The van der Waals surface area contributed by atoms with E-state index < -0.39 is 25.6 Å². The molecule has 0 spiro atoms. The van der Waals surface area contributed by atoms with Gasteiger partial charge in [0.25, 0.3) is 0 Å². The maximum absolute atomic E-state index is 10.6. The van der Waals surface area contributed by atoms with Crippen LogP contribution >= 0.6 is 0 Å². The lowest BCUT2D eigenvalue weighted by atomic mass is 9.60. The van der Waals surface area contributed by atoms with E-state index in [2.05, 4.69) is 40.8 Å². The van der Waals surface area contributed by atoms with E-state index in [4.69, 9.17) is 4.43 Å². The Morgan fingerprint density at radius 1 is 0.941 bits per heavy atom. The van der Waals surface area contributed by atoms with Crippen molar-refractivity contribution in [2.24, 2.45) is 23.2 Å². The largest absolute Gasteiger partial charge is 0.414 e. The van der Waals surface area contributed by atoms with Gasteiger partial charge >= 0.3 is 0 Å². The van der Waals surface area contributed by atoms with Crippen LogP contribution in [0, 0.1) is 23.2 Å². The van der Waals surface area contributed by atoms with Crippen molar-refractivity contribution in [1.29, 1.82) is 0 Å². The van der Waals surface area contributed by atoms with E-state index in [9.17, 15) is 15.3 Å². The predicted octanol–water partition coefficient (Wildman–Crippen LogP) is 7.06. The van der Waals surface area contributed by atoms with E-state index in [-0.39, 0.29) is 10.5 Å². The summed E-state index contributed by atoms with van der Waals surface area (Å²) in [5, 5.41) is 31.4. The molecule has 0 aliphatic heterocycles. The molecular weight excluding hydrogens is 440 g/mol. The second-order valence-corrected chi connectivity index (χ2v) is 19.6. The van der Waals surface area contributed by atoms with Crippen molar-refractivity contribution in [3.05, 3.63) is 0 Å². The van der Waals surface area contributed by atoms with Crippen LogP contribution < -0.4 is 0 Å². The molecule has 5 heteroatoms. The van der Waals surface area contributed by atoms with E-state index in [1.54, 1.807) is 13.8 Å². The molecule has 2 fully saturated rings. The van der Waals surface area contributed by atoms with Crippen molar-refractivity contribution in [1.82, 2.24) is 0 Å². The average Bonchev–Trinajstić information content (AvgIpc) is 2.99. The SMILES string of the molecule is CC(C)(O)CCCC(CCC(O)C(C)(C)O)C1CCC2[C@@H](O[Si](C)(C)C(C)(C)C)CCC[C@]12C. The van der Waals surface area contributed by atoms with Crippen LogP contribution in [-0.2, 0) is 4.43 Å². The highest BCUT2D eigenvalue weighted by molar-refractivity contribution is 6.74. The lowest BCUT2D eigenvalue weighted by molar-refractivity contribution is -0.0592. The normalized spacial score (nSPS) is 30.8. The molecule has 4 nitrogen and oxygen atoms in total. The fraction of sp³-hybridized carbons (Fsp3) is 1.00. The minimum Gasteiger partial charge on any atom is -0.414 e. The topological polar surface area (TPSA) is 69.9 Å². The first-order valence-corrected chi connectivity index (χ1v) is 17.0. The van der Waals surface area contributed by atoms with Gasteiger partial charge in [0.15, 0.2) is 8.32 Å². The Balaban J connectivity index is 2.20. The van der Waals surface area contributed by atoms with Gasteiger partial charge in [-0.3, -0.25) is 0 Å². The highest BCUT2D eigenvalue weighted by Crippen LogP contribution is 2.60. The third-order valence-electron chi connectivity index (χ3n) is 9.95. The number of aliphatic hydroxyl groups is 3. The van der Waals surface area contributed by atoms with Crippen LogP contribution in [-0.4, -0.2) is 47.0 Å². The maximum atomic E-state index is 10.6. The van der Waals surface area contributed by atoms with E-state index in [1.165, 1.54) is 32.1 Å². The van der Waals surface area contributed by atoms with Gasteiger partial charge in [-0.25, -0.2) is 0 Å². The molecule has 34 heavy (non-hydrogen) atoms. The summed E-state index contributed by atoms with van der Waals surface area (Å²) in [7, 11) is -1.82. The molecular formula is C29H58O4Si. The van der Waals surface area contributed by atoms with E-state index >= 15 is 0 Å². The number of fused-ring (bicyclic) bond motifs is 1. The molecule has 6 atom stereocenters. The van der Waals surface area contributed by atoms with Gasteiger partial charge in [0.05, 0.1) is 17.3 Å². The number of aliphatic hydroxyl groups excluding tert-OH is 1. The van der Waals surface area contributed by atoms with Crippen LogP contribution in [0.15, 0.2) is 0 Å². The van der Waals surface area contributed by atoms with Crippen LogP contribution in [0.1, 0.15) is 120 Å². The van der Waals surface area contributed by atoms with Crippen LogP contribution in [0.4, 0.5) is 0 Å². The van der Waals surface area contributed by atoms with E-state index in [1.807, 2.05) is 13.8 Å². The zero-order valence-corrected chi connectivity index (χ0v) is 25.2. The van der Waals surface area contributed by atoms with Crippen LogP contribution in [0.5, 0.6) is 0 Å².